The third-order valence-electron chi connectivity index (χ3n) is 5.58. The predicted octanol–water partition coefficient (Wildman–Crippen LogP) is 3.22. The Balaban J connectivity index is 1.68. The van der Waals surface area contributed by atoms with Gasteiger partial charge in [0.25, 0.3) is 0 Å². The quantitative estimate of drug-likeness (QED) is 0.551. The third kappa shape index (κ3) is 4.79. The molecule has 2 aromatic carbocycles. The van der Waals surface area contributed by atoms with Gasteiger partial charge in [-0.3, -0.25) is 9.47 Å². The van der Waals surface area contributed by atoms with Crippen molar-refractivity contribution >= 4 is 22.2 Å². The van der Waals surface area contributed by atoms with Gasteiger partial charge in [-0.25, -0.2) is 13.1 Å². The van der Waals surface area contributed by atoms with E-state index in [-0.39, 0.29) is 0 Å². The molecule has 1 fully saturated rings. The number of nitrogens with zero attached hydrogens (tertiary/aromatic N) is 5. The Labute approximate surface area is 188 Å². The third-order valence-corrected chi connectivity index (χ3v) is 7.27. The lowest BCUT2D eigenvalue weighted by Crippen LogP contribution is -2.48. The molecule has 0 aliphatic carbocycles. The van der Waals surface area contributed by atoms with E-state index in [1.165, 1.54) is 21.7 Å². The van der Waals surface area contributed by atoms with Crippen LogP contribution in [0, 0.1) is 18.6 Å². The summed E-state index contributed by atoms with van der Waals surface area (Å²) in [6.07, 6.45) is 1.26. The maximum absolute atomic E-state index is 11.8. The Morgan fingerprint density at radius 1 is 0.903 bits per heavy atom. The molecule has 1 aliphatic rings. The second-order valence-electron chi connectivity index (χ2n) is 8.06. The van der Waals surface area contributed by atoms with Gasteiger partial charge in [0.2, 0.25) is 14.8 Å². The first kappa shape index (κ1) is 21.9. The van der Waals surface area contributed by atoms with Crippen LogP contribution < -0.4 is 0 Å². The molecular weight excluding hydrogens is 430 g/mol. The average Bonchev–Trinajstić information content (AvgIpc) is 3.05. The summed E-state index contributed by atoms with van der Waals surface area (Å²) in [4.78, 5) is 2.18. The Bertz CT molecular complexity index is 1220. The normalized spacial score (nSPS) is 16.0. The topological polar surface area (TPSA) is 63.4 Å². The zero-order valence-electron chi connectivity index (χ0n) is 18.0. The zero-order valence-corrected chi connectivity index (χ0v) is 19.7. The van der Waals surface area contributed by atoms with Crippen LogP contribution in [0.5, 0.6) is 0 Å². The molecular formula is C22H27N5O2S2. The average molecular weight is 458 g/mol. The summed E-state index contributed by atoms with van der Waals surface area (Å²) in [6, 6.07) is 16.5. The number of hydrogen-bond donors (Lipinski definition) is 0. The summed E-state index contributed by atoms with van der Waals surface area (Å²) in [5.74, 6) is 0.795. The van der Waals surface area contributed by atoms with Crippen molar-refractivity contribution in [1.82, 2.24) is 23.6 Å². The number of benzene rings is 2. The standard InChI is InChI=1S/C22H27N5O2S2/c1-17-4-8-19(9-5-17)21-23-26(16-24-12-14-25(15-13-24)31(3,28)29)22(30)27(21)20-10-6-18(2)7-11-20/h4-11H,12-16H2,1-3H3. The van der Waals surface area contributed by atoms with Crippen molar-refractivity contribution in [1.29, 1.82) is 0 Å². The molecule has 31 heavy (non-hydrogen) atoms. The van der Waals surface area contributed by atoms with Crippen molar-refractivity contribution in [3.8, 4) is 17.1 Å². The van der Waals surface area contributed by atoms with Crippen LogP contribution in [0.15, 0.2) is 48.5 Å². The summed E-state index contributed by atoms with van der Waals surface area (Å²) in [5, 5.41) is 4.87. The predicted molar refractivity (Wildman–Crippen MR) is 125 cm³/mol. The molecule has 164 valence electrons. The number of aromatic nitrogens is 3. The lowest BCUT2D eigenvalue weighted by molar-refractivity contribution is 0.145. The van der Waals surface area contributed by atoms with Crippen LogP contribution in [0.4, 0.5) is 0 Å². The van der Waals surface area contributed by atoms with E-state index in [1.807, 2.05) is 9.25 Å². The van der Waals surface area contributed by atoms with Gasteiger partial charge in [0.15, 0.2) is 5.82 Å². The van der Waals surface area contributed by atoms with E-state index in [4.69, 9.17) is 17.3 Å². The molecule has 4 rings (SSSR count). The highest BCUT2D eigenvalue weighted by Gasteiger charge is 2.24. The van der Waals surface area contributed by atoms with Crippen LogP contribution in [0.1, 0.15) is 11.1 Å². The minimum atomic E-state index is -3.15. The largest absolute Gasteiger partial charge is 0.282 e. The zero-order chi connectivity index (χ0) is 22.2. The molecule has 9 heteroatoms. The maximum atomic E-state index is 11.8. The van der Waals surface area contributed by atoms with Crippen LogP contribution in [-0.2, 0) is 16.7 Å². The molecule has 0 spiro atoms. The van der Waals surface area contributed by atoms with Crippen molar-refractivity contribution < 1.29 is 8.42 Å². The minimum Gasteiger partial charge on any atom is -0.282 e. The molecule has 0 bridgehead atoms. The summed E-state index contributed by atoms with van der Waals surface area (Å²) in [6.45, 7) is 6.90. The van der Waals surface area contributed by atoms with Crippen molar-refractivity contribution in [3.05, 3.63) is 64.4 Å². The summed E-state index contributed by atoms with van der Waals surface area (Å²) >= 11 is 5.83. The minimum absolute atomic E-state index is 0.482. The molecule has 0 unspecified atom stereocenters. The van der Waals surface area contributed by atoms with Crippen molar-refractivity contribution in [2.24, 2.45) is 0 Å². The lowest BCUT2D eigenvalue weighted by atomic mass is 10.1. The fourth-order valence-electron chi connectivity index (χ4n) is 3.71. The van der Waals surface area contributed by atoms with E-state index in [0.717, 1.165) is 17.1 Å². The van der Waals surface area contributed by atoms with Gasteiger partial charge in [0, 0.05) is 37.4 Å². The van der Waals surface area contributed by atoms with Crippen LogP contribution in [0.3, 0.4) is 0 Å². The van der Waals surface area contributed by atoms with E-state index in [1.54, 1.807) is 0 Å². The fourth-order valence-corrected chi connectivity index (χ4v) is 4.83. The Hall–Kier alpha value is -2.33. The number of hydrogen-bond acceptors (Lipinski definition) is 5. The smallest absolute Gasteiger partial charge is 0.211 e. The van der Waals surface area contributed by atoms with E-state index in [2.05, 4.69) is 67.3 Å². The first-order valence-electron chi connectivity index (χ1n) is 10.2. The maximum Gasteiger partial charge on any atom is 0.211 e. The van der Waals surface area contributed by atoms with Crippen molar-refractivity contribution in [2.75, 3.05) is 32.4 Å². The Morgan fingerprint density at radius 2 is 1.45 bits per heavy atom. The van der Waals surface area contributed by atoms with E-state index < -0.39 is 10.0 Å². The van der Waals surface area contributed by atoms with Crippen molar-refractivity contribution in [2.45, 2.75) is 20.5 Å². The second kappa shape index (κ2) is 8.66. The lowest BCUT2D eigenvalue weighted by Gasteiger charge is -2.32. The van der Waals surface area contributed by atoms with Gasteiger partial charge < -0.3 is 0 Å². The van der Waals surface area contributed by atoms with E-state index >= 15 is 0 Å². The molecule has 7 nitrogen and oxygen atoms in total. The number of piperazine rings is 1. The van der Waals surface area contributed by atoms with Gasteiger partial charge >= 0.3 is 0 Å². The monoisotopic (exact) mass is 457 g/mol. The summed E-state index contributed by atoms with van der Waals surface area (Å²) in [5.41, 5.74) is 4.34. The number of sulfonamides is 1. The number of rotatable bonds is 5. The highest BCUT2D eigenvalue weighted by molar-refractivity contribution is 7.88. The molecule has 1 aromatic heterocycles. The molecule has 0 radical (unpaired) electrons. The molecule has 0 atom stereocenters. The SMILES string of the molecule is Cc1ccc(-c2nn(CN3CCN(S(C)(=O)=O)CC3)c(=S)n2-c2ccc(C)cc2)cc1. The second-order valence-corrected chi connectivity index (χ2v) is 10.4. The van der Waals surface area contributed by atoms with Crippen molar-refractivity contribution in [3.63, 3.8) is 0 Å². The Morgan fingerprint density at radius 3 is 2.00 bits per heavy atom. The van der Waals surface area contributed by atoms with E-state index in [9.17, 15) is 8.42 Å². The van der Waals surface area contributed by atoms with Gasteiger partial charge in [-0.05, 0) is 38.2 Å². The molecule has 0 N–H and O–H groups in total. The summed E-state index contributed by atoms with van der Waals surface area (Å²) < 4.78 is 29.5. The van der Waals surface area contributed by atoms with Gasteiger partial charge in [-0.1, -0.05) is 47.5 Å². The van der Waals surface area contributed by atoms with Gasteiger partial charge in [0.1, 0.15) is 0 Å². The fraction of sp³-hybridized carbons (Fsp3) is 0.364. The van der Waals surface area contributed by atoms with Crippen LogP contribution >= 0.6 is 12.2 Å². The molecule has 3 aromatic rings. The van der Waals surface area contributed by atoms with Gasteiger partial charge in [-0.2, -0.15) is 4.31 Å². The molecule has 1 aliphatic heterocycles. The van der Waals surface area contributed by atoms with E-state index in [0.29, 0.717) is 37.6 Å². The Kier molecular flexibility index (Phi) is 6.11. The van der Waals surface area contributed by atoms with Gasteiger partial charge in [0.05, 0.1) is 12.9 Å². The molecule has 0 saturated carbocycles. The number of aryl methyl sites for hydroxylation is 2. The first-order valence-corrected chi connectivity index (χ1v) is 12.5. The van der Waals surface area contributed by atoms with Crippen LogP contribution in [0.2, 0.25) is 0 Å². The summed E-state index contributed by atoms with van der Waals surface area (Å²) in [7, 11) is -3.15. The molecule has 2 heterocycles. The first-order chi connectivity index (χ1) is 14.7. The van der Waals surface area contributed by atoms with Crippen LogP contribution in [-0.4, -0.2) is 64.4 Å². The highest BCUT2D eigenvalue weighted by atomic mass is 32.2. The molecule has 0 amide bonds. The van der Waals surface area contributed by atoms with Crippen LogP contribution in [0.25, 0.3) is 17.1 Å². The highest BCUT2D eigenvalue weighted by Crippen LogP contribution is 2.24. The van der Waals surface area contributed by atoms with Gasteiger partial charge in [-0.15, -0.1) is 5.10 Å². The molecule has 1 saturated heterocycles.